The van der Waals surface area contributed by atoms with Crippen molar-refractivity contribution in [2.75, 3.05) is 31.7 Å². The van der Waals surface area contributed by atoms with Crippen LogP contribution in [-0.2, 0) is 4.74 Å². The molecule has 1 fully saturated rings. The number of hydrogen-bond donors (Lipinski definition) is 0. The third-order valence-electron chi connectivity index (χ3n) is 3.14. The van der Waals surface area contributed by atoms with Crippen LogP contribution in [0, 0.1) is 17.2 Å². The third-order valence-corrected chi connectivity index (χ3v) is 3.79. The van der Waals surface area contributed by atoms with Gasteiger partial charge in [0.15, 0.2) is 0 Å². The molecule has 0 amide bonds. The second-order valence-corrected chi connectivity index (χ2v) is 5.57. The van der Waals surface area contributed by atoms with Gasteiger partial charge in [0.25, 0.3) is 0 Å². The Labute approximate surface area is 116 Å². The highest BCUT2D eigenvalue weighted by atomic mass is 79.9. The lowest BCUT2D eigenvalue weighted by molar-refractivity contribution is 0.131. The lowest BCUT2D eigenvalue weighted by atomic mass is 10.2. The summed E-state index contributed by atoms with van der Waals surface area (Å²) in [7, 11) is 2.04. The molecule has 1 aliphatic carbocycles. The van der Waals surface area contributed by atoms with Crippen LogP contribution in [0.15, 0.2) is 22.7 Å². The normalized spacial score (nSPS) is 14.3. The van der Waals surface area contributed by atoms with E-state index in [1.54, 1.807) is 0 Å². The average Bonchev–Trinajstić information content (AvgIpc) is 3.18. The number of nitrogens with zero attached hydrogens (tertiary/aromatic N) is 2. The third kappa shape index (κ3) is 3.72. The standard InChI is InChI=1S/C14H17BrN2O/c1-17(6-7-18-10-11-2-3-11)13-5-4-12(9-16)14(15)8-13/h4-5,8,11H,2-3,6-7,10H2,1H3. The molecule has 0 N–H and O–H groups in total. The number of hydrogen-bond acceptors (Lipinski definition) is 3. The molecule has 96 valence electrons. The number of halogens is 1. The van der Waals surface area contributed by atoms with Crippen molar-refractivity contribution in [3.63, 3.8) is 0 Å². The predicted octanol–water partition coefficient (Wildman–Crippen LogP) is 3.18. The van der Waals surface area contributed by atoms with Crippen molar-refractivity contribution in [2.24, 2.45) is 5.92 Å². The first kappa shape index (κ1) is 13.4. The highest BCUT2D eigenvalue weighted by Crippen LogP contribution is 2.28. The Bertz CT molecular complexity index is 452. The molecule has 0 radical (unpaired) electrons. The molecule has 4 heteroatoms. The molecule has 0 aliphatic heterocycles. The van der Waals surface area contributed by atoms with Crippen LogP contribution in [0.1, 0.15) is 18.4 Å². The molecule has 0 unspecified atom stereocenters. The minimum absolute atomic E-state index is 0.664. The molecule has 1 aliphatic rings. The predicted molar refractivity (Wildman–Crippen MR) is 75.7 cm³/mol. The molecule has 0 bridgehead atoms. The molecule has 1 aromatic rings. The number of ether oxygens (including phenoxy) is 1. The summed E-state index contributed by atoms with van der Waals surface area (Å²) >= 11 is 3.40. The van der Waals surface area contributed by atoms with Crippen LogP contribution in [0.5, 0.6) is 0 Å². The molecule has 3 nitrogen and oxygen atoms in total. The van der Waals surface area contributed by atoms with E-state index in [0.717, 1.165) is 35.8 Å². The molecule has 0 spiro atoms. The topological polar surface area (TPSA) is 36.3 Å². The van der Waals surface area contributed by atoms with Gasteiger partial charge in [-0.15, -0.1) is 0 Å². The number of anilines is 1. The summed E-state index contributed by atoms with van der Waals surface area (Å²) in [6.45, 7) is 2.53. The van der Waals surface area contributed by atoms with Crippen molar-refractivity contribution in [1.29, 1.82) is 5.26 Å². The molecular weight excluding hydrogens is 292 g/mol. The SMILES string of the molecule is CN(CCOCC1CC1)c1ccc(C#N)c(Br)c1. The van der Waals surface area contributed by atoms with Crippen molar-refractivity contribution in [2.45, 2.75) is 12.8 Å². The fourth-order valence-corrected chi connectivity index (χ4v) is 2.15. The summed E-state index contributed by atoms with van der Waals surface area (Å²) in [5.74, 6) is 0.819. The molecule has 0 atom stereocenters. The summed E-state index contributed by atoms with van der Waals surface area (Å²) in [4.78, 5) is 2.14. The summed E-state index contributed by atoms with van der Waals surface area (Å²) in [6, 6.07) is 7.91. The van der Waals surface area contributed by atoms with Crippen LogP contribution in [0.25, 0.3) is 0 Å². The van der Waals surface area contributed by atoms with E-state index in [0.29, 0.717) is 5.56 Å². The first-order valence-corrected chi connectivity index (χ1v) is 6.98. The van der Waals surface area contributed by atoms with Gasteiger partial charge >= 0.3 is 0 Å². The maximum Gasteiger partial charge on any atom is 0.100 e. The highest BCUT2D eigenvalue weighted by Gasteiger charge is 2.20. The number of nitriles is 1. The lowest BCUT2D eigenvalue weighted by Crippen LogP contribution is -2.22. The van der Waals surface area contributed by atoms with Gasteiger partial charge in [-0.3, -0.25) is 0 Å². The fraction of sp³-hybridized carbons (Fsp3) is 0.500. The van der Waals surface area contributed by atoms with E-state index in [4.69, 9.17) is 10.00 Å². The minimum Gasteiger partial charge on any atom is -0.379 e. The van der Waals surface area contributed by atoms with E-state index in [9.17, 15) is 0 Å². The van der Waals surface area contributed by atoms with E-state index in [1.807, 2.05) is 25.2 Å². The minimum atomic E-state index is 0.664. The Morgan fingerprint density at radius 1 is 1.50 bits per heavy atom. The number of rotatable bonds is 6. The Balaban J connectivity index is 1.81. The van der Waals surface area contributed by atoms with Crippen LogP contribution in [0.2, 0.25) is 0 Å². The Morgan fingerprint density at radius 3 is 2.89 bits per heavy atom. The van der Waals surface area contributed by atoms with E-state index >= 15 is 0 Å². The molecule has 1 saturated carbocycles. The van der Waals surface area contributed by atoms with Gasteiger partial charge in [-0.05, 0) is 52.9 Å². The molecular formula is C14H17BrN2O. The zero-order chi connectivity index (χ0) is 13.0. The largest absolute Gasteiger partial charge is 0.379 e. The molecule has 0 heterocycles. The zero-order valence-corrected chi connectivity index (χ0v) is 12.1. The Hall–Kier alpha value is -1.05. The average molecular weight is 309 g/mol. The quantitative estimate of drug-likeness (QED) is 0.757. The highest BCUT2D eigenvalue weighted by molar-refractivity contribution is 9.10. The van der Waals surface area contributed by atoms with Crippen LogP contribution in [0.3, 0.4) is 0 Å². The molecule has 18 heavy (non-hydrogen) atoms. The van der Waals surface area contributed by atoms with Crippen molar-refractivity contribution < 1.29 is 4.74 Å². The Morgan fingerprint density at radius 2 is 2.28 bits per heavy atom. The summed E-state index contributed by atoms with van der Waals surface area (Å²) in [5.41, 5.74) is 1.76. The van der Waals surface area contributed by atoms with Gasteiger partial charge in [-0.1, -0.05) is 0 Å². The van der Waals surface area contributed by atoms with Crippen LogP contribution in [-0.4, -0.2) is 26.8 Å². The van der Waals surface area contributed by atoms with Gasteiger partial charge in [-0.2, -0.15) is 5.26 Å². The van der Waals surface area contributed by atoms with Gasteiger partial charge in [0.05, 0.1) is 12.2 Å². The van der Waals surface area contributed by atoms with Gasteiger partial charge < -0.3 is 9.64 Å². The van der Waals surface area contributed by atoms with E-state index in [-0.39, 0.29) is 0 Å². The summed E-state index contributed by atoms with van der Waals surface area (Å²) in [5, 5.41) is 8.87. The van der Waals surface area contributed by atoms with Crippen LogP contribution in [0.4, 0.5) is 5.69 Å². The van der Waals surface area contributed by atoms with Crippen LogP contribution < -0.4 is 4.90 Å². The molecule has 0 saturated heterocycles. The van der Waals surface area contributed by atoms with Crippen molar-refractivity contribution in [3.8, 4) is 6.07 Å². The number of benzene rings is 1. The first-order valence-electron chi connectivity index (χ1n) is 6.19. The van der Waals surface area contributed by atoms with Gasteiger partial charge in [0.2, 0.25) is 0 Å². The monoisotopic (exact) mass is 308 g/mol. The smallest absolute Gasteiger partial charge is 0.100 e. The van der Waals surface area contributed by atoms with Gasteiger partial charge in [0, 0.05) is 30.4 Å². The van der Waals surface area contributed by atoms with Crippen LogP contribution >= 0.6 is 15.9 Å². The second-order valence-electron chi connectivity index (χ2n) is 4.72. The van der Waals surface area contributed by atoms with Crippen molar-refractivity contribution in [3.05, 3.63) is 28.2 Å². The first-order chi connectivity index (χ1) is 8.70. The second kappa shape index (κ2) is 6.21. The zero-order valence-electron chi connectivity index (χ0n) is 10.5. The molecule has 2 rings (SSSR count). The summed E-state index contributed by atoms with van der Waals surface area (Å²) < 4.78 is 6.46. The maximum absolute atomic E-state index is 8.87. The fourth-order valence-electron chi connectivity index (χ4n) is 1.70. The van der Waals surface area contributed by atoms with Crippen molar-refractivity contribution in [1.82, 2.24) is 0 Å². The number of likely N-dealkylation sites (N-methyl/N-ethyl adjacent to an activating group) is 1. The Kier molecular flexibility index (Phi) is 4.62. The van der Waals surface area contributed by atoms with Gasteiger partial charge in [-0.25, -0.2) is 0 Å². The van der Waals surface area contributed by atoms with Gasteiger partial charge in [0.1, 0.15) is 6.07 Å². The van der Waals surface area contributed by atoms with E-state index in [2.05, 4.69) is 26.9 Å². The summed E-state index contributed by atoms with van der Waals surface area (Å²) in [6.07, 6.45) is 2.66. The lowest BCUT2D eigenvalue weighted by Gasteiger charge is -2.19. The van der Waals surface area contributed by atoms with Crippen molar-refractivity contribution >= 4 is 21.6 Å². The van der Waals surface area contributed by atoms with E-state index in [1.165, 1.54) is 12.8 Å². The molecule has 0 aromatic heterocycles. The maximum atomic E-state index is 8.87. The molecule has 1 aromatic carbocycles. The van der Waals surface area contributed by atoms with E-state index < -0.39 is 0 Å².